The van der Waals surface area contributed by atoms with Gasteiger partial charge in [0, 0.05) is 6.54 Å². The summed E-state index contributed by atoms with van der Waals surface area (Å²) in [5.41, 5.74) is 0.900. The van der Waals surface area contributed by atoms with Gasteiger partial charge in [-0.25, -0.2) is 12.8 Å². The fraction of sp³-hybridized carbons (Fsp3) is 0.412. The first kappa shape index (κ1) is 16.8. The molecule has 128 valence electrons. The monoisotopic (exact) mass is 349 g/mol. The molecule has 0 amide bonds. The van der Waals surface area contributed by atoms with Crippen LogP contribution in [0.5, 0.6) is 0 Å². The molecule has 1 aliphatic rings. The molecule has 5 nitrogen and oxygen atoms in total. The molecule has 0 spiro atoms. The molecular formula is C17H20FN3O2S. The van der Waals surface area contributed by atoms with Gasteiger partial charge >= 0.3 is 0 Å². The molecule has 0 atom stereocenters. The first-order valence-corrected chi connectivity index (χ1v) is 9.66. The van der Waals surface area contributed by atoms with Crippen molar-refractivity contribution in [2.24, 2.45) is 0 Å². The van der Waals surface area contributed by atoms with Crippen molar-refractivity contribution in [1.82, 2.24) is 10.2 Å². The number of anilines is 1. The third-order valence-corrected chi connectivity index (χ3v) is 6.46. The third-order valence-electron chi connectivity index (χ3n) is 4.31. The quantitative estimate of drug-likeness (QED) is 0.896. The summed E-state index contributed by atoms with van der Waals surface area (Å²) in [6, 6.07) is 9.26. The number of nitrogens with zero attached hydrogens (tertiary/aromatic N) is 2. The molecule has 0 unspecified atom stereocenters. The van der Waals surface area contributed by atoms with Crippen molar-refractivity contribution in [3.05, 3.63) is 47.8 Å². The molecule has 1 aromatic heterocycles. The molecule has 0 saturated heterocycles. The highest BCUT2D eigenvalue weighted by Crippen LogP contribution is 2.27. The second-order valence-corrected chi connectivity index (χ2v) is 8.22. The Hall–Kier alpha value is -2.02. The van der Waals surface area contributed by atoms with E-state index in [1.807, 2.05) is 0 Å². The predicted molar refractivity (Wildman–Crippen MR) is 89.8 cm³/mol. The zero-order chi connectivity index (χ0) is 17.0. The molecule has 2 aromatic rings. The van der Waals surface area contributed by atoms with Gasteiger partial charge < -0.3 is 5.32 Å². The van der Waals surface area contributed by atoms with Gasteiger partial charge in [-0.2, -0.15) is 0 Å². The minimum atomic E-state index is -3.39. The first-order valence-electron chi connectivity index (χ1n) is 8.12. The number of rotatable bonds is 5. The zero-order valence-corrected chi connectivity index (χ0v) is 14.1. The molecule has 24 heavy (non-hydrogen) atoms. The lowest BCUT2D eigenvalue weighted by molar-refractivity contribution is 0.481. The van der Waals surface area contributed by atoms with E-state index in [1.165, 1.54) is 18.2 Å². The maximum Gasteiger partial charge on any atom is 0.200 e. The molecule has 7 heteroatoms. The number of hydrogen-bond donors (Lipinski definition) is 1. The SMILES string of the molecule is O=S(=O)(c1ccc(NCc2ccc(F)cc2)nn1)C1CCCCC1. The van der Waals surface area contributed by atoms with Gasteiger partial charge in [-0.05, 0) is 42.7 Å². The number of aromatic nitrogens is 2. The van der Waals surface area contributed by atoms with Gasteiger partial charge in [0.2, 0.25) is 0 Å². The molecule has 1 aromatic carbocycles. The number of nitrogens with one attached hydrogen (secondary N) is 1. The Morgan fingerprint density at radius 1 is 1.00 bits per heavy atom. The number of benzene rings is 1. The highest BCUT2D eigenvalue weighted by Gasteiger charge is 2.30. The van der Waals surface area contributed by atoms with Crippen LogP contribution in [0.25, 0.3) is 0 Å². The smallest absolute Gasteiger partial charge is 0.200 e. The second-order valence-electron chi connectivity index (χ2n) is 6.04. The largest absolute Gasteiger partial charge is 0.365 e. The van der Waals surface area contributed by atoms with E-state index in [0.29, 0.717) is 25.2 Å². The van der Waals surface area contributed by atoms with Crippen LogP contribution in [0.2, 0.25) is 0 Å². The topological polar surface area (TPSA) is 72.0 Å². The van der Waals surface area contributed by atoms with Crippen molar-refractivity contribution < 1.29 is 12.8 Å². The van der Waals surface area contributed by atoms with Crippen molar-refractivity contribution in [1.29, 1.82) is 0 Å². The summed E-state index contributed by atoms with van der Waals surface area (Å²) >= 11 is 0. The molecule has 1 heterocycles. The summed E-state index contributed by atoms with van der Waals surface area (Å²) in [6.07, 6.45) is 4.41. The Morgan fingerprint density at radius 2 is 1.71 bits per heavy atom. The minimum Gasteiger partial charge on any atom is -0.365 e. The maximum atomic E-state index is 12.9. The Kier molecular flexibility index (Phi) is 5.08. The van der Waals surface area contributed by atoms with Crippen LogP contribution in [0.4, 0.5) is 10.2 Å². The second kappa shape index (κ2) is 7.25. The Morgan fingerprint density at radius 3 is 2.33 bits per heavy atom. The van der Waals surface area contributed by atoms with Crippen LogP contribution in [0.3, 0.4) is 0 Å². The van der Waals surface area contributed by atoms with Crippen LogP contribution in [-0.2, 0) is 16.4 Å². The van der Waals surface area contributed by atoms with Crippen molar-refractivity contribution in [3.63, 3.8) is 0 Å². The lowest BCUT2D eigenvalue weighted by Gasteiger charge is -2.20. The number of hydrogen-bond acceptors (Lipinski definition) is 5. The molecule has 1 N–H and O–H groups in total. The predicted octanol–water partition coefficient (Wildman–Crippen LogP) is 3.33. The average Bonchev–Trinajstić information content (AvgIpc) is 2.62. The third kappa shape index (κ3) is 3.90. The molecule has 1 saturated carbocycles. The standard InChI is InChI=1S/C17H20FN3O2S/c18-14-8-6-13(7-9-14)12-19-16-10-11-17(21-20-16)24(22,23)15-4-2-1-3-5-15/h6-11,15H,1-5,12H2,(H,19,20). The molecule has 1 fully saturated rings. The van der Waals surface area contributed by atoms with Crippen LogP contribution in [-0.4, -0.2) is 23.9 Å². The van der Waals surface area contributed by atoms with Crippen LogP contribution >= 0.6 is 0 Å². The number of sulfone groups is 1. The average molecular weight is 349 g/mol. The van der Waals surface area contributed by atoms with Crippen molar-refractivity contribution >= 4 is 15.7 Å². The molecule has 0 radical (unpaired) electrons. The van der Waals surface area contributed by atoms with Gasteiger partial charge in [0.1, 0.15) is 11.6 Å². The lowest BCUT2D eigenvalue weighted by Crippen LogP contribution is -2.25. The Balaban J connectivity index is 1.65. The van der Waals surface area contributed by atoms with Crippen molar-refractivity contribution in [2.75, 3.05) is 5.32 Å². The maximum absolute atomic E-state index is 12.9. The van der Waals surface area contributed by atoms with E-state index < -0.39 is 9.84 Å². The van der Waals surface area contributed by atoms with Crippen LogP contribution in [0.1, 0.15) is 37.7 Å². The van der Waals surface area contributed by atoms with E-state index >= 15 is 0 Å². The summed E-state index contributed by atoms with van der Waals surface area (Å²) in [5, 5.41) is 10.6. The van der Waals surface area contributed by atoms with Crippen LogP contribution in [0.15, 0.2) is 41.4 Å². The highest BCUT2D eigenvalue weighted by molar-refractivity contribution is 7.92. The normalized spacial score (nSPS) is 16.0. The van der Waals surface area contributed by atoms with Gasteiger partial charge in [0.25, 0.3) is 0 Å². The summed E-state index contributed by atoms with van der Waals surface area (Å²) in [7, 11) is -3.39. The summed E-state index contributed by atoms with van der Waals surface area (Å²) in [5.74, 6) is 0.206. The van der Waals surface area contributed by atoms with E-state index in [2.05, 4.69) is 15.5 Å². The van der Waals surface area contributed by atoms with E-state index in [-0.39, 0.29) is 16.1 Å². The zero-order valence-electron chi connectivity index (χ0n) is 13.3. The van der Waals surface area contributed by atoms with Crippen LogP contribution < -0.4 is 5.32 Å². The molecule has 3 rings (SSSR count). The van der Waals surface area contributed by atoms with E-state index in [0.717, 1.165) is 24.8 Å². The molecular weight excluding hydrogens is 329 g/mol. The van der Waals surface area contributed by atoms with E-state index in [1.54, 1.807) is 18.2 Å². The van der Waals surface area contributed by atoms with Gasteiger partial charge in [-0.15, -0.1) is 10.2 Å². The van der Waals surface area contributed by atoms with Gasteiger partial charge in [-0.1, -0.05) is 31.4 Å². The van der Waals surface area contributed by atoms with Crippen molar-refractivity contribution in [3.8, 4) is 0 Å². The lowest BCUT2D eigenvalue weighted by atomic mass is 10.0. The summed E-state index contributed by atoms with van der Waals surface area (Å²) in [6.45, 7) is 0.462. The molecule has 0 bridgehead atoms. The number of halogens is 1. The Bertz CT molecular complexity index is 770. The van der Waals surface area contributed by atoms with E-state index in [4.69, 9.17) is 0 Å². The van der Waals surface area contributed by atoms with Crippen molar-refractivity contribution in [2.45, 2.75) is 48.9 Å². The first-order chi connectivity index (χ1) is 11.6. The molecule has 1 aliphatic carbocycles. The summed E-state index contributed by atoms with van der Waals surface area (Å²) < 4.78 is 38.0. The molecule has 0 aliphatic heterocycles. The minimum absolute atomic E-state index is 0.0433. The Labute approximate surface area is 141 Å². The van der Waals surface area contributed by atoms with Gasteiger partial charge in [0.05, 0.1) is 5.25 Å². The van der Waals surface area contributed by atoms with Gasteiger partial charge in [-0.3, -0.25) is 0 Å². The van der Waals surface area contributed by atoms with Crippen LogP contribution in [0, 0.1) is 5.82 Å². The highest BCUT2D eigenvalue weighted by atomic mass is 32.2. The summed E-state index contributed by atoms with van der Waals surface area (Å²) in [4.78, 5) is 0. The fourth-order valence-electron chi connectivity index (χ4n) is 2.91. The van der Waals surface area contributed by atoms with Gasteiger partial charge in [0.15, 0.2) is 14.9 Å². The van der Waals surface area contributed by atoms with E-state index in [9.17, 15) is 12.8 Å². The fourth-order valence-corrected chi connectivity index (χ4v) is 4.61.